The van der Waals surface area contributed by atoms with Gasteiger partial charge in [0.2, 0.25) is 5.91 Å². The average molecular weight is 272 g/mol. The summed E-state index contributed by atoms with van der Waals surface area (Å²) in [4.78, 5) is 16.0. The zero-order chi connectivity index (χ0) is 13.5. The molecule has 0 aliphatic heterocycles. The first-order valence-corrected chi connectivity index (χ1v) is 7.24. The van der Waals surface area contributed by atoms with Crippen LogP contribution in [0.3, 0.4) is 0 Å². The van der Waals surface area contributed by atoms with E-state index in [1.807, 2.05) is 49.4 Å². The zero-order valence-electron chi connectivity index (χ0n) is 10.8. The molecule has 0 atom stereocenters. The third-order valence-corrected chi connectivity index (χ3v) is 3.48. The summed E-state index contributed by atoms with van der Waals surface area (Å²) >= 11 is 1.56. The van der Waals surface area contributed by atoms with Crippen LogP contribution in [0.15, 0.2) is 48.7 Å². The lowest BCUT2D eigenvalue weighted by atomic mass is 10.2. The maximum atomic E-state index is 11.8. The Morgan fingerprint density at radius 1 is 1.26 bits per heavy atom. The molecular formula is C15H16N2OS. The van der Waals surface area contributed by atoms with Gasteiger partial charge in [-0.3, -0.25) is 9.78 Å². The van der Waals surface area contributed by atoms with E-state index in [2.05, 4.69) is 10.3 Å². The maximum absolute atomic E-state index is 11.8. The molecule has 4 heteroatoms. The van der Waals surface area contributed by atoms with Gasteiger partial charge < -0.3 is 5.32 Å². The summed E-state index contributed by atoms with van der Waals surface area (Å²) in [5, 5.41) is 2.89. The number of nitrogens with one attached hydrogen (secondary N) is 1. The maximum Gasteiger partial charge on any atom is 0.234 e. The Balaban J connectivity index is 1.76. The predicted octanol–water partition coefficient (Wildman–Crippen LogP) is 3.26. The van der Waals surface area contributed by atoms with Crippen molar-refractivity contribution in [3.63, 3.8) is 0 Å². The van der Waals surface area contributed by atoms with Gasteiger partial charge in [0.1, 0.15) is 0 Å². The molecule has 2 aromatic rings. The summed E-state index contributed by atoms with van der Waals surface area (Å²) in [6.07, 6.45) is 1.77. The van der Waals surface area contributed by atoms with E-state index in [-0.39, 0.29) is 5.91 Å². The smallest absolute Gasteiger partial charge is 0.234 e. The first-order valence-electron chi connectivity index (χ1n) is 6.08. The minimum absolute atomic E-state index is 0.0199. The third kappa shape index (κ3) is 4.75. The summed E-state index contributed by atoms with van der Waals surface area (Å²) in [6.45, 7) is 2.01. The van der Waals surface area contributed by atoms with Crippen molar-refractivity contribution in [2.75, 3.05) is 11.1 Å². The number of carbonyl (C=O) groups excluding carboxylic acids is 1. The van der Waals surface area contributed by atoms with Crippen molar-refractivity contribution in [1.29, 1.82) is 0 Å². The molecule has 1 N–H and O–H groups in total. The molecule has 0 fully saturated rings. The second-order valence-electron chi connectivity index (χ2n) is 4.23. The van der Waals surface area contributed by atoms with Crippen molar-refractivity contribution in [2.24, 2.45) is 0 Å². The van der Waals surface area contributed by atoms with E-state index in [4.69, 9.17) is 0 Å². The molecule has 0 bridgehead atoms. The molecule has 0 aliphatic carbocycles. The number of amides is 1. The summed E-state index contributed by atoms with van der Waals surface area (Å²) in [5.74, 6) is 1.21. The number of aryl methyl sites for hydroxylation is 1. The predicted molar refractivity (Wildman–Crippen MR) is 80.2 cm³/mol. The number of rotatable bonds is 5. The van der Waals surface area contributed by atoms with Crippen LogP contribution in [-0.4, -0.2) is 16.6 Å². The van der Waals surface area contributed by atoms with Crippen molar-refractivity contribution in [3.8, 4) is 0 Å². The van der Waals surface area contributed by atoms with Crippen LogP contribution in [0.25, 0.3) is 0 Å². The number of aromatic nitrogens is 1. The highest BCUT2D eigenvalue weighted by Crippen LogP contribution is 2.12. The Morgan fingerprint density at radius 3 is 2.89 bits per heavy atom. The number of benzene rings is 1. The van der Waals surface area contributed by atoms with E-state index in [1.54, 1.807) is 18.0 Å². The van der Waals surface area contributed by atoms with E-state index in [9.17, 15) is 4.79 Å². The minimum atomic E-state index is 0.0199. The number of carbonyl (C=O) groups is 1. The SMILES string of the molecule is Cc1cccc(NC(=O)CSCc2ccccn2)c1. The molecule has 1 aromatic heterocycles. The van der Waals surface area contributed by atoms with Gasteiger partial charge in [-0.15, -0.1) is 11.8 Å². The van der Waals surface area contributed by atoms with E-state index in [0.717, 1.165) is 22.7 Å². The molecule has 98 valence electrons. The molecule has 2 rings (SSSR count). The average Bonchev–Trinajstić information content (AvgIpc) is 2.40. The number of hydrogen-bond acceptors (Lipinski definition) is 3. The lowest BCUT2D eigenvalue weighted by molar-refractivity contribution is -0.113. The van der Waals surface area contributed by atoms with Gasteiger partial charge >= 0.3 is 0 Å². The highest BCUT2D eigenvalue weighted by molar-refractivity contribution is 7.99. The van der Waals surface area contributed by atoms with E-state index in [1.165, 1.54) is 0 Å². The molecule has 1 amide bonds. The molecule has 0 radical (unpaired) electrons. The van der Waals surface area contributed by atoms with Gasteiger partial charge in [-0.05, 0) is 36.8 Å². The fraction of sp³-hybridized carbons (Fsp3) is 0.200. The van der Waals surface area contributed by atoms with Crippen molar-refractivity contribution < 1.29 is 4.79 Å². The fourth-order valence-electron chi connectivity index (χ4n) is 1.65. The summed E-state index contributed by atoms with van der Waals surface area (Å²) in [7, 11) is 0. The molecule has 3 nitrogen and oxygen atoms in total. The van der Waals surface area contributed by atoms with E-state index in [0.29, 0.717) is 5.75 Å². The van der Waals surface area contributed by atoms with Crippen LogP contribution in [0.5, 0.6) is 0 Å². The standard InChI is InChI=1S/C15H16N2OS/c1-12-5-4-7-13(9-12)17-15(18)11-19-10-14-6-2-3-8-16-14/h2-9H,10-11H2,1H3,(H,17,18). The Kier molecular flexibility index (Phi) is 4.98. The minimum Gasteiger partial charge on any atom is -0.325 e. The van der Waals surface area contributed by atoms with Gasteiger partial charge in [-0.1, -0.05) is 18.2 Å². The molecule has 1 heterocycles. The Bertz CT molecular complexity index is 543. The molecule has 0 saturated heterocycles. The number of nitrogens with zero attached hydrogens (tertiary/aromatic N) is 1. The van der Waals surface area contributed by atoms with Gasteiger partial charge in [-0.25, -0.2) is 0 Å². The lowest BCUT2D eigenvalue weighted by Gasteiger charge is -2.05. The van der Waals surface area contributed by atoms with Gasteiger partial charge in [0.25, 0.3) is 0 Å². The monoisotopic (exact) mass is 272 g/mol. The summed E-state index contributed by atoms with van der Waals surface area (Å²) in [5.41, 5.74) is 2.98. The molecule has 0 saturated carbocycles. The van der Waals surface area contributed by atoms with Crippen LogP contribution < -0.4 is 5.32 Å². The van der Waals surface area contributed by atoms with Crippen LogP contribution in [0, 0.1) is 6.92 Å². The van der Waals surface area contributed by atoms with Crippen molar-refractivity contribution in [1.82, 2.24) is 4.98 Å². The molecule has 19 heavy (non-hydrogen) atoms. The number of thioether (sulfide) groups is 1. The molecule has 1 aromatic carbocycles. The molecular weight excluding hydrogens is 256 g/mol. The lowest BCUT2D eigenvalue weighted by Crippen LogP contribution is -2.14. The Morgan fingerprint density at radius 2 is 2.16 bits per heavy atom. The van der Waals surface area contributed by atoms with Gasteiger partial charge in [0.05, 0.1) is 11.4 Å². The number of pyridine rings is 1. The van der Waals surface area contributed by atoms with Crippen LogP contribution in [0.2, 0.25) is 0 Å². The highest BCUT2D eigenvalue weighted by atomic mass is 32.2. The summed E-state index contributed by atoms with van der Waals surface area (Å²) < 4.78 is 0. The third-order valence-electron chi connectivity index (χ3n) is 2.51. The van der Waals surface area contributed by atoms with Crippen LogP contribution in [0.1, 0.15) is 11.3 Å². The normalized spacial score (nSPS) is 10.2. The van der Waals surface area contributed by atoms with E-state index >= 15 is 0 Å². The van der Waals surface area contributed by atoms with Crippen molar-refractivity contribution in [2.45, 2.75) is 12.7 Å². The topological polar surface area (TPSA) is 42.0 Å². The van der Waals surface area contributed by atoms with Crippen LogP contribution >= 0.6 is 11.8 Å². The van der Waals surface area contributed by atoms with Crippen LogP contribution in [-0.2, 0) is 10.5 Å². The first kappa shape index (κ1) is 13.6. The largest absolute Gasteiger partial charge is 0.325 e. The van der Waals surface area contributed by atoms with Gasteiger partial charge in [0.15, 0.2) is 0 Å². The fourth-order valence-corrected chi connectivity index (χ4v) is 2.39. The van der Waals surface area contributed by atoms with E-state index < -0.39 is 0 Å². The van der Waals surface area contributed by atoms with Gasteiger partial charge in [0, 0.05) is 17.6 Å². The van der Waals surface area contributed by atoms with Crippen molar-refractivity contribution >= 4 is 23.4 Å². The molecule has 0 aliphatic rings. The van der Waals surface area contributed by atoms with Crippen LogP contribution in [0.4, 0.5) is 5.69 Å². The molecule has 0 spiro atoms. The zero-order valence-corrected chi connectivity index (χ0v) is 11.6. The second-order valence-corrected chi connectivity index (χ2v) is 5.22. The number of anilines is 1. The Hall–Kier alpha value is -1.81. The quantitative estimate of drug-likeness (QED) is 0.908. The number of hydrogen-bond donors (Lipinski definition) is 1. The Labute approximate surface area is 117 Å². The summed E-state index contributed by atoms with van der Waals surface area (Å²) in [6, 6.07) is 13.6. The van der Waals surface area contributed by atoms with Gasteiger partial charge in [-0.2, -0.15) is 0 Å². The molecule has 0 unspecified atom stereocenters. The van der Waals surface area contributed by atoms with Crippen molar-refractivity contribution in [3.05, 3.63) is 59.9 Å². The first-order chi connectivity index (χ1) is 9.24. The highest BCUT2D eigenvalue weighted by Gasteiger charge is 2.03. The second kappa shape index (κ2) is 6.95.